The first-order valence-corrected chi connectivity index (χ1v) is 9.84. The highest BCUT2D eigenvalue weighted by atomic mass is 28.3. The van der Waals surface area contributed by atoms with E-state index in [-0.39, 0.29) is 5.91 Å². The van der Waals surface area contributed by atoms with E-state index < -0.39 is 8.07 Å². The molecule has 1 aromatic carbocycles. The van der Waals surface area contributed by atoms with Gasteiger partial charge < -0.3 is 5.32 Å². The second-order valence-electron chi connectivity index (χ2n) is 5.34. The molecule has 2 nitrogen and oxygen atoms in total. The standard InChI is InChI=1S/C15H21NOSi/c1-5-8-15(17)16-14-10-7-6-9-13(14)11-12-18(2,3)4/h6-7,9-10H,5,8H2,1-4H3,(H,16,17). The van der Waals surface area contributed by atoms with Crippen LogP contribution in [0.2, 0.25) is 19.6 Å². The van der Waals surface area contributed by atoms with E-state index in [4.69, 9.17) is 0 Å². The number of carbonyl (C=O) groups excluding carboxylic acids is 1. The van der Waals surface area contributed by atoms with Gasteiger partial charge >= 0.3 is 0 Å². The lowest BCUT2D eigenvalue weighted by Crippen LogP contribution is -2.16. The molecule has 0 bridgehead atoms. The lowest BCUT2D eigenvalue weighted by atomic mass is 10.2. The fraction of sp³-hybridized carbons (Fsp3) is 0.400. The molecule has 0 heterocycles. The number of carbonyl (C=O) groups is 1. The van der Waals surface area contributed by atoms with Crippen LogP contribution in [0, 0.1) is 11.5 Å². The summed E-state index contributed by atoms with van der Waals surface area (Å²) < 4.78 is 0. The van der Waals surface area contributed by atoms with Gasteiger partial charge in [0.2, 0.25) is 5.91 Å². The summed E-state index contributed by atoms with van der Waals surface area (Å²) in [6, 6.07) is 7.72. The number of hydrogen-bond acceptors (Lipinski definition) is 1. The molecule has 1 amide bonds. The molecule has 0 saturated carbocycles. The van der Waals surface area contributed by atoms with Crippen molar-refractivity contribution in [3.05, 3.63) is 29.8 Å². The van der Waals surface area contributed by atoms with Crippen LogP contribution in [0.4, 0.5) is 5.69 Å². The highest BCUT2D eigenvalue weighted by Gasteiger charge is 2.08. The molecule has 0 saturated heterocycles. The summed E-state index contributed by atoms with van der Waals surface area (Å²) in [5.74, 6) is 3.25. The van der Waals surface area contributed by atoms with Gasteiger partial charge in [-0.25, -0.2) is 0 Å². The number of rotatable bonds is 3. The first-order chi connectivity index (χ1) is 8.42. The van der Waals surface area contributed by atoms with Gasteiger partial charge in [0, 0.05) is 12.0 Å². The minimum absolute atomic E-state index is 0.0553. The van der Waals surface area contributed by atoms with E-state index in [0.29, 0.717) is 6.42 Å². The van der Waals surface area contributed by atoms with Crippen LogP contribution in [0.3, 0.4) is 0 Å². The molecule has 1 N–H and O–H groups in total. The van der Waals surface area contributed by atoms with E-state index in [1.165, 1.54) is 0 Å². The van der Waals surface area contributed by atoms with Gasteiger partial charge in [0.05, 0.1) is 5.69 Å². The lowest BCUT2D eigenvalue weighted by molar-refractivity contribution is -0.116. The molecule has 18 heavy (non-hydrogen) atoms. The van der Waals surface area contributed by atoms with E-state index in [9.17, 15) is 4.79 Å². The molecule has 0 aromatic heterocycles. The molecule has 0 fully saturated rings. The van der Waals surface area contributed by atoms with Gasteiger partial charge in [0.25, 0.3) is 0 Å². The van der Waals surface area contributed by atoms with Gasteiger partial charge in [0.15, 0.2) is 0 Å². The van der Waals surface area contributed by atoms with Crippen molar-refractivity contribution in [1.82, 2.24) is 0 Å². The summed E-state index contributed by atoms with van der Waals surface area (Å²) in [5.41, 5.74) is 5.05. The molecular weight excluding hydrogens is 238 g/mol. The van der Waals surface area contributed by atoms with Gasteiger partial charge in [-0.1, -0.05) is 44.6 Å². The van der Waals surface area contributed by atoms with E-state index in [2.05, 4.69) is 36.4 Å². The van der Waals surface area contributed by atoms with Gasteiger partial charge in [-0.3, -0.25) is 4.79 Å². The van der Waals surface area contributed by atoms with Crippen LogP contribution in [0.15, 0.2) is 24.3 Å². The van der Waals surface area contributed by atoms with Crippen LogP contribution in [0.25, 0.3) is 0 Å². The minimum Gasteiger partial charge on any atom is -0.325 e. The molecule has 0 radical (unpaired) electrons. The quantitative estimate of drug-likeness (QED) is 0.651. The smallest absolute Gasteiger partial charge is 0.224 e. The van der Waals surface area contributed by atoms with Crippen LogP contribution in [0.5, 0.6) is 0 Å². The zero-order valence-corrected chi connectivity index (χ0v) is 12.6. The Morgan fingerprint density at radius 1 is 1.28 bits per heavy atom. The Morgan fingerprint density at radius 3 is 2.56 bits per heavy atom. The minimum atomic E-state index is -1.39. The number of benzene rings is 1. The Hall–Kier alpha value is -1.53. The predicted octanol–water partition coefficient (Wildman–Crippen LogP) is 3.65. The second kappa shape index (κ2) is 6.41. The maximum Gasteiger partial charge on any atom is 0.224 e. The summed E-state index contributed by atoms with van der Waals surface area (Å²) in [4.78, 5) is 11.6. The Balaban J connectivity index is 2.92. The van der Waals surface area contributed by atoms with Crippen molar-refractivity contribution in [2.24, 2.45) is 0 Å². The Bertz CT molecular complexity index is 477. The van der Waals surface area contributed by atoms with Crippen LogP contribution in [0.1, 0.15) is 25.3 Å². The van der Waals surface area contributed by atoms with Crippen molar-refractivity contribution < 1.29 is 4.79 Å². The highest BCUT2D eigenvalue weighted by molar-refractivity contribution is 6.83. The monoisotopic (exact) mass is 259 g/mol. The lowest BCUT2D eigenvalue weighted by Gasteiger charge is -2.08. The Labute approximate surface area is 111 Å². The summed E-state index contributed by atoms with van der Waals surface area (Å²) in [6.45, 7) is 8.62. The van der Waals surface area contributed by atoms with E-state index in [0.717, 1.165) is 17.7 Å². The topological polar surface area (TPSA) is 29.1 Å². The van der Waals surface area contributed by atoms with Crippen LogP contribution in [-0.2, 0) is 4.79 Å². The molecular formula is C15H21NOSi. The van der Waals surface area contributed by atoms with Gasteiger partial charge in [0.1, 0.15) is 8.07 Å². The zero-order valence-electron chi connectivity index (χ0n) is 11.6. The van der Waals surface area contributed by atoms with Crippen molar-refractivity contribution in [1.29, 1.82) is 0 Å². The molecule has 1 aromatic rings. The summed E-state index contributed by atoms with van der Waals surface area (Å²) in [7, 11) is -1.39. The largest absolute Gasteiger partial charge is 0.325 e. The SMILES string of the molecule is CCCC(=O)Nc1ccccc1C#C[Si](C)(C)C. The molecule has 0 aliphatic heterocycles. The van der Waals surface area contributed by atoms with Gasteiger partial charge in [-0.15, -0.1) is 5.54 Å². The number of para-hydroxylation sites is 1. The fourth-order valence-electron chi connectivity index (χ4n) is 1.40. The molecule has 0 unspecified atom stereocenters. The summed E-state index contributed by atoms with van der Waals surface area (Å²) in [5, 5.41) is 2.92. The average molecular weight is 259 g/mol. The van der Waals surface area contributed by atoms with Crippen molar-refractivity contribution in [2.45, 2.75) is 39.4 Å². The molecule has 1 rings (SSSR count). The fourth-order valence-corrected chi connectivity index (χ4v) is 1.91. The van der Waals surface area contributed by atoms with Gasteiger partial charge in [-0.05, 0) is 18.6 Å². The van der Waals surface area contributed by atoms with Crippen LogP contribution < -0.4 is 5.32 Å². The number of hydrogen-bond donors (Lipinski definition) is 1. The van der Waals surface area contributed by atoms with Crippen molar-refractivity contribution in [3.63, 3.8) is 0 Å². The molecule has 0 spiro atoms. The van der Waals surface area contributed by atoms with E-state index >= 15 is 0 Å². The van der Waals surface area contributed by atoms with Crippen molar-refractivity contribution in [3.8, 4) is 11.5 Å². The number of anilines is 1. The first kappa shape index (κ1) is 14.5. The molecule has 0 aliphatic carbocycles. The third-order valence-corrected chi connectivity index (χ3v) is 3.13. The normalized spacial score (nSPS) is 10.4. The highest BCUT2D eigenvalue weighted by Crippen LogP contribution is 2.14. The average Bonchev–Trinajstić information content (AvgIpc) is 2.27. The number of amides is 1. The summed E-state index contributed by atoms with van der Waals surface area (Å²) in [6.07, 6.45) is 1.41. The van der Waals surface area contributed by atoms with Crippen LogP contribution >= 0.6 is 0 Å². The molecule has 96 valence electrons. The Kier molecular flexibility index (Phi) is 5.18. The maximum atomic E-state index is 11.6. The van der Waals surface area contributed by atoms with Crippen LogP contribution in [-0.4, -0.2) is 14.0 Å². The third-order valence-electron chi connectivity index (χ3n) is 2.25. The number of nitrogens with one attached hydrogen (secondary N) is 1. The van der Waals surface area contributed by atoms with E-state index in [1.807, 2.05) is 31.2 Å². The zero-order chi connectivity index (χ0) is 13.6. The molecule has 0 aliphatic rings. The third kappa shape index (κ3) is 5.20. The van der Waals surface area contributed by atoms with Crippen molar-refractivity contribution >= 4 is 19.7 Å². The molecule has 0 atom stereocenters. The Morgan fingerprint density at radius 2 is 1.94 bits per heavy atom. The first-order valence-electron chi connectivity index (χ1n) is 6.34. The van der Waals surface area contributed by atoms with Crippen molar-refractivity contribution in [2.75, 3.05) is 5.32 Å². The predicted molar refractivity (Wildman–Crippen MR) is 80.2 cm³/mol. The molecule has 3 heteroatoms. The van der Waals surface area contributed by atoms with E-state index in [1.54, 1.807) is 0 Å². The maximum absolute atomic E-state index is 11.6. The second-order valence-corrected chi connectivity index (χ2v) is 10.1. The van der Waals surface area contributed by atoms with Gasteiger partial charge in [-0.2, -0.15) is 0 Å². The summed E-state index contributed by atoms with van der Waals surface area (Å²) >= 11 is 0.